The summed E-state index contributed by atoms with van der Waals surface area (Å²) in [5.41, 5.74) is 5.89. The monoisotopic (exact) mass is 568 g/mol. The van der Waals surface area contributed by atoms with Gasteiger partial charge in [-0.05, 0) is 78.6 Å². The van der Waals surface area contributed by atoms with Crippen molar-refractivity contribution in [1.82, 2.24) is 19.1 Å². The van der Waals surface area contributed by atoms with Gasteiger partial charge in [-0.15, -0.1) is 0 Å². The minimum absolute atomic E-state index is 0.222. The summed E-state index contributed by atoms with van der Waals surface area (Å²) in [6.07, 6.45) is -2.88. The van der Waals surface area contributed by atoms with Crippen LogP contribution in [0.1, 0.15) is 40.7 Å². The van der Waals surface area contributed by atoms with Crippen LogP contribution >= 0.6 is 0 Å². The van der Waals surface area contributed by atoms with Gasteiger partial charge in [0.15, 0.2) is 0 Å². The zero-order valence-electron chi connectivity index (χ0n) is 23.2. The third kappa shape index (κ3) is 4.51. The number of carboxylic acids is 1. The Bertz CT molecular complexity index is 2000. The van der Waals surface area contributed by atoms with E-state index in [4.69, 9.17) is 4.98 Å². The lowest BCUT2D eigenvalue weighted by molar-refractivity contribution is -0.137. The summed E-state index contributed by atoms with van der Waals surface area (Å²) in [5, 5.41) is 9.82. The number of aromatic nitrogens is 4. The molecule has 0 aliphatic rings. The SMILES string of the molecule is CCCc1nc2ccc(-c3nc4cc(C(F)(F)F)ccc4n3C)cc2n1-c1cccc(-c2ccccc2C(=O)O)c1C. The molecule has 42 heavy (non-hydrogen) atoms. The molecule has 6 nitrogen and oxygen atoms in total. The first kappa shape index (κ1) is 27.3. The van der Waals surface area contributed by atoms with Gasteiger partial charge in [-0.3, -0.25) is 4.57 Å². The molecule has 0 atom stereocenters. The fourth-order valence-electron chi connectivity index (χ4n) is 5.62. The maximum absolute atomic E-state index is 13.3. The molecule has 0 radical (unpaired) electrons. The summed E-state index contributed by atoms with van der Waals surface area (Å²) in [4.78, 5) is 21.5. The van der Waals surface area contributed by atoms with Gasteiger partial charge in [-0.1, -0.05) is 37.3 Å². The molecule has 6 aromatic rings. The Labute approximate surface area is 239 Å². The van der Waals surface area contributed by atoms with Crippen LogP contribution in [0.3, 0.4) is 0 Å². The highest BCUT2D eigenvalue weighted by atomic mass is 19.4. The molecule has 6 rings (SSSR count). The Kier molecular flexibility index (Phi) is 6.60. The van der Waals surface area contributed by atoms with Gasteiger partial charge >= 0.3 is 12.1 Å². The van der Waals surface area contributed by atoms with Crippen molar-refractivity contribution in [3.05, 3.63) is 101 Å². The van der Waals surface area contributed by atoms with Gasteiger partial charge in [0.2, 0.25) is 0 Å². The Morgan fingerprint density at radius 1 is 0.881 bits per heavy atom. The molecular formula is C33H27F3N4O2. The van der Waals surface area contributed by atoms with E-state index in [9.17, 15) is 23.1 Å². The summed E-state index contributed by atoms with van der Waals surface area (Å²) in [7, 11) is 1.79. The second kappa shape index (κ2) is 10.2. The standard InChI is InChI=1S/C33H27F3N4O2/c1-4-8-30-37-25-15-13-20(31-38-26-18-21(33(34,35)36)14-16-28(26)39(31)3)17-29(25)40(30)27-12-7-11-22(19(27)2)23-9-5-6-10-24(23)32(41)42/h5-7,9-18H,4,8H2,1-3H3,(H,41,42). The zero-order valence-corrected chi connectivity index (χ0v) is 23.2. The molecule has 4 aromatic carbocycles. The van der Waals surface area contributed by atoms with Crippen LogP contribution < -0.4 is 0 Å². The molecule has 0 aliphatic heterocycles. The van der Waals surface area contributed by atoms with Gasteiger partial charge in [0.05, 0.1) is 38.9 Å². The molecule has 2 aromatic heterocycles. The van der Waals surface area contributed by atoms with Crippen LogP contribution in [-0.4, -0.2) is 30.2 Å². The van der Waals surface area contributed by atoms with E-state index in [1.54, 1.807) is 23.7 Å². The molecule has 0 saturated carbocycles. The van der Waals surface area contributed by atoms with Crippen LogP contribution in [0.4, 0.5) is 13.2 Å². The molecule has 2 heterocycles. The molecular weight excluding hydrogens is 541 g/mol. The van der Waals surface area contributed by atoms with E-state index in [0.717, 1.165) is 57.8 Å². The number of aromatic carboxylic acids is 1. The molecule has 212 valence electrons. The minimum atomic E-state index is -4.45. The highest BCUT2D eigenvalue weighted by Gasteiger charge is 2.31. The third-order valence-corrected chi connectivity index (χ3v) is 7.66. The number of hydrogen-bond donors (Lipinski definition) is 1. The lowest BCUT2D eigenvalue weighted by atomic mass is 9.95. The van der Waals surface area contributed by atoms with E-state index in [2.05, 4.69) is 16.5 Å². The molecule has 9 heteroatoms. The lowest BCUT2D eigenvalue weighted by Crippen LogP contribution is -2.05. The predicted molar refractivity (Wildman–Crippen MR) is 157 cm³/mol. The van der Waals surface area contributed by atoms with Crippen molar-refractivity contribution in [3.8, 4) is 28.2 Å². The number of alkyl halides is 3. The van der Waals surface area contributed by atoms with Gasteiger partial charge in [-0.2, -0.15) is 13.2 Å². The van der Waals surface area contributed by atoms with Crippen molar-refractivity contribution < 1.29 is 23.1 Å². The quantitative estimate of drug-likeness (QED) is 0.220. The van der Waals surface area contributed by atoms with Crippen LogP contribution in [0.2, 0.25) is 0 Å². The van der Waals surface area contributed by atoms with E-state index >= 15 is 0 Å². The highest BCUT2D eigenvalue weighted by Crippen LogP contribution is 2.36. The van der Waals surface area contributed by atoms with Gasteiger partial charge in [0, 0.05) is 19.0 Å². The molecule has 1 N–H and O–H groups in total. The largest absolute Gasteiger partial charge is 0.478 e. The third-order valence-electron chi connectivity index (χ3n) is 7.66. The number of carbonyl (C=O) groups is 1. The van der Waals surface area contributed by atoms with Gasteiger partial charge in [0.25, 0.3) is 0 Å². The van der Waals surface area contributed by atoms with E-state index in [1.165, 1.54) is 6.07 Å². The minimum Gasteiger partial charge on any atom is -0.478 e. The molecule has 0 bridgehead atoms. The topological polar surface area (TPSA) is 72.9 Å². The Morgan fingerprint density at radius 3 is 2.38 bits per heavy atom. The normalized spacial score (nSPS) is 12.0. The van der Waals surface area contributed by atoms with Crippen LogP contribution in [0.15, 0.2) is 78.9 Å². The zero-order chi connectivity index (χ0) is 29.8. The Morgan fingerprint density at radius 2 is 1.64 bits per heavy atom. The second-order valence-corrected chi connectivity index (χ2v) is 10.3. The smallest absolute Gasteiger partial charge is 0.416 e. The molecule has 0 unspecified atom stereocenters. The first-order valence-corrected chi connectivity index (χ1v) is 13.6. The maximum atomic E-state index is 13.3. The van der Waals surface area contributed by atoms with E-state index in [-0.39, 0.29) is 11.1 Å². The van der Waals surface area contributed by atoms with Crippen LogP contribution in [0.25, 0.3) is 50.3 Å². The number of fused-ring (bicyclic) bond motifs is 2. The predicted octanol–water partition coefficient (Wildman–Crippen LogP) is 8.22. The fourth-order valence-corrected chi connectivity index (χ4v) is 5.62. The van der Waals surface area contributed by atoms with Crippen molar-refractivity contribution in [1.29, 1.82) is 0 Å². The summed E-state index contributed by atoms with van der Waals surface area (Å²) in [6.45, 7) is 4.05. The maximum Gasteiger partial charge on any atom is 0.416 e. The van der Waals surface area contributed by atoms with E-state index < -0.39 is 17.7 Å². The fraction of sp³-hybridized carbons (Fsp3) is 0.182. The average molecular weight is 569 g/mol. The van der Waals surface area contributed by atoms with E-state index in [0.29, 0.717) is 23.3 Å². The van der Waals surface area contributed by atoms with Gasteiger partial charge in [-0.25, -0.2) is 14.8 Å². The summed E-state index contributed by atoms with van der Waals surface area (Å²) >= 11 is 0. The van der Waals surface area contributed by atoms with Gasteiger partial charge in [0.1, 0.15) is 11.6 Å². The molecule has 0 aliphatic carbocycles. The number of carboxylic acid groups (broad SMARTS) is 1. The number of aryl methyl sites for hydroxylation is 2. The number of rotatable bonds is 6. The Balaban J connectivity index is 1.55. The van der Waals surface area contributed by atoms with Crippen molar-refractivity contribution in [3.63, 3.8) is 0 Å². The first-order valence-electron chi connectivity index (χ1n) is 13.6. The number of hydrogen-bond acceptors (Lipinski definition) is 3. The highest BCUT2D eigenvalue weighted by molar-refractivity contribution is 5.97. The molecule has 0 saturated heterocycles. The lowest BCUT2D eigenvalue weighted by Gasteiger charge is -2.17. The second-order valence-electron chi connectivity index (χ2n) is 10.3. The van der Waals surface area contributed by atoms with Crippen molar-refractivity contribution >= 4 is 28.0 Å². The summed E-state index contributed by atoms with van der Waals surface area (Å²) in [5.74, 6) is 0.401. The van der Waals surface area contributed by atoms with Crippen LogP contribution in [0, 0.1) is 6.92 Å². The molecule has 0 amide bonds. The summed E-state index contributed by atoms with van der Waals surface area (Å²) < 4.78 is 43.9. The Hall–Kier alpha value is -4.92. The molecule has 0 spiro atoms. The van der Waals surface area contributed by atoms with Crippen LogP contribution in [0.5, 0.6) is 0 Å². The number of imidazole rings is 2. The van der Waals surface area contributed by atoms with Crippen molar-refractivity contribution in [2.45, 2.75) is 32.9 Å². The first-order chi connectivity index (χ1) is 20.1. The summed E-state index contributed by atoms with van der Waals surface area (Å²) in [6, 6.07) is 22.1. The average Bonchev–Trinajstić information content (AvgIpc) is 3.49. The van der Waals surface area contributed by atoms with Gasteiger partial charge < -0.3 is 9.67 Å². The number of halogens is 3. The van der Waals surface area contributed by atoms with Crippen molar-refractivity contribution in [2.75, 3.05) is 0 Å². The number of benzene rings is 4. The van der Waals surface area contributed by atoms with Crippen molar-refractivity contribution in [2.24, 2.45) is 7.05 Å². The van der Waals surface area contributed by atoms with Crippen LogP contribution in [-0.2, 0) is 19.6 Å². The van der Waals surface area contributed by atoms with E-state index in [1.807, 2.05) is 55.5 Å². The number of nitrogens with zero attached hydrogens (tertiary/aromatic N) is 4. The molecule has 0 fully saturated rings.